The molecule has 1 aliphatic heterocycles. The molecule has 0 saturated heterocycles. The first-order valence-corrected chi connectivity index (χ1v) is 5.71. The fourth-order valence-corrected chi connectivity index (χ4v) is 1.77. The number of aromatic nitrogens is 2. The lowest BCUT2D eigenvalue weighted by Crippen LogP contribution is -2.01. The van der Waals surface area contributed by atoms with Gasteiger partial charge in [0.15, 0.2) is 11.5 Å². The van der Waals surface area contributed by atoms with Crippen molar-refractivity contribution in [3.63, 3.8) is 0 Å². The summed E-state index contributed by atoms with van der Waals surface area (Å²) in [5, 5.41) is 19.4. The van der Waals surface area contributed by atoms with Gasteiger partial charge in [-0.25, -0.2) is 0 Å². The Hall–Kier alpha value is -2.81. The van der Waals surface area contributed by atoms with E-state index >= 15 is 0 Å². The maximum atomic E-state index is 8.46. The van der Waals surface area contributed by atoms with Crippen LogP contribution in [0.5, 0.6) is 11.5 Å². The Balaban J connectivity index is 1.84. The first-order valence-electron chi connectivity index (χ1n) is 5.71. The number of hydrogen-bond acceptors (Lipinski definition) is 6. The van der Waals surface area contributed by atoms with Gasteiger partial charge in [-0.15, -0.1) is 10.2 Å². The zero-order valence-electron chi connectivity index (χ0n) is 9.96. The zero-order chi connectivity index (χ0) is 13.1. The van der Waals surface area contributed by atoms with Crippen LogP contribution in [0.15, 0.2) is 30.3 Å². The van der Waals surface area contributed by atoms with Crippen LogP contribution in [0.2, 0.25) is 0 Å². The van der Waals surface area contributed by atoms with Crippen molar-refractivity contribution in [1.29, 1.82) is 5.26 Å². The highest BCUT2D eigenvalue weighted by atomic mass is 16.7. The molecule has 94 valence electrons. The molecule has 0 atom stereocenters. The van der Waals surface area contributed by atoms with Crippen molar-refractivity contribution in [3.05, 3.63) is 30.3 Å². The summed E-state index contributed by atoms with van der Waals surface area (Å²) < 4.78 is 10.6. The van der Waals surface area contributed by atoms with Gasteiger partial charge >= 0.3 is 0 Å². The largest absolute Gasteiger partial charge is 0.454 e. The smallest absolute Gasteiger partial charge is 0.231 e. The van der Waals surface area contributed by atoms with E-state index in [0.717, 1.165) is 17.0 Å². The topological polar surface area (TPSA) is 80.1 Å². The van der Waals surface area contributed by atoms with Gasteiger partial charge in [-0.3, -0.25) is 0 Å². The number of rotatable bonds is 3. The zero-order valence-corrected chi connectivity index (χ0v) is 9.96. The molecule has 1 aromatic carbocycles. The molecule has 0 amide bonds. The Morgan fingerprint density at radius 1 is 1.16 bits per heavy atom. The number of fused-ring (bicyclic) bond motifs is 1. The molecule has 1 aromatic heterocycles. The minimum absolute atomic E-state index is 0.206. The van der Waals surface area contributed by atoms with Crippen molar-refractivity contribution in [1.82, 2.24) is 10.2 Å². The van der Waals surface area contributed by atoms with Gasteiger partial charge in [0.1, 0.15) is 12.4 Å². The first kappa shape index (κ1) is 11.3. The summed E-state index contributed by atoms with van der Waals surface area (Å²) >= 11 is 0. The number of hydrogen-bond donors (Lipinski definition) is 1. The van der Waals surface area contributed by atoms with Crippen LogP contribution in [0.1, 0.15) is 0 Å². The monoisotopic (exact) mass is 254 g/mol. The Morgan fingerprint density at radius 2 is 2.05 bits per heavy atom. The van der Waals surface area contributed by atoms with Gasteiger partial charge in [0.2, 0.25) is 6.79 Å². The molecule has 0 aliphatic carbocycles. The molecule has 19 heavy (non-hydrogen) atoms. The highest BCUT2D eigenvalue weighted by molar-refractivity contribution is 5.64. The first-order chi connectivity index (χ1) is 9.36. The molecule has 0 saturated carbocycles. The van der Waals surface area contributed by atoms with Gasteiger partial charge in [-0.05, 0) is 30.3 Å². The number of anilines is 1. The number of nitrogens with zero attached hydrogens (tertiary/aromatic N) is 3. The van der Waals surface area contributed by atoms with Crippen molar-refractivity contribution >= 4 is 5.82 Å². The lowest BCUT2D eigenvalue weighted by molar-refractivity contribution is 0.174. The van der Waals surface area contributed by atoms with Crippen molar-refractivity contribution in [3.8, 4) is 28.8 Å². The predicted molar refractivity (Wildman–Crippen MR) is 67.7 cm³/mol. The summed E-state index contributed by atoms with van der Waals surface area (Å²) in [6.07, 6.45) is 0. The third-order valence-corrected chi connectivity index (χ3v) is 2.68. The summed E-state index contributed by atoms with van der Waals surface area (Å²) in [5.41, 5.74) is 1.64. The lowest BCUT2D eigenvalue weighted by atomic mass is 10.1. The Bertz CT molecular complexity index is 634. The van der Waals surface area contributed by atoms with Crippen LogP contribution < -0.4 is 14.8 Å². The van der Waals surface area contributed by atoms with Gasteiger partial charge in [-0.1, -0.05) is 0 Å². The van der Waals surface area contributed by atoms with Crippen LogP contribution in [0, 0.1) is 11.3 Å². The molecule has 1 aliphatic rings. The molecule has 1 N–H and O–H groups in total. The number of ether oxygens (including phenoxy) is 2. The molecule has 0 radical (unpaired) electrons. The Morgan fingerprint density at radius 3 is 2.84 bits per heavy atom. The molecular weight excluding hydrogens is 244 g/mol. The SMILES string of the molecule is N#CCNc1ccc(-c2ccc3c(c2)OCO3)nn1. The quantitative estimate of drug-likeness (QED) is 0.841. The third kappa shape index (κ3) is 2.26. The van der Waals surface area contributed by atoms with Crippen LogP contribution in [0.3, 0.4) is 0 Å². The molecular formula is C13H10N4O2. The number of benzene rings is 1. The summed E-state index contributed by atoms with van der Waals surface area (Å²) in [5.74, 6) is 2.03. The summed E-state index contributed by atoms with van der Waals surface area (Å²) in [6.45, 7) is 0.458. The number of nitrogens with one attached hydrogen (secondary N) is 1. The van der Waals surface area contributed by atoms with E-state index in [-0.39, 0.29) is 13.3 Å². The maximum absolute atomic E-state index is 8.46. The molecule has 3 rings (SSSR count). The van der Waals surface area contributed by atoms with Gasteiger partial charge < -0.3 is 14.8 Å². The second kappa shape index (κ2) is 4.82. The van der Waals surface area contributed by atoms with Crippen molar-refractivity contribution in [2.45, 2.75) is 0 Å². The van der Waals surface area contributed by atoms with Gasteiger partial charge in [0, 0.05) is 5.56 Å². The van der Waals surface area contributed by atoms with E-state index < -0.39 is 0 Å². The Labute approximate surface area is 109 Å². The van der Waals surface area contributed by atoms with Crippen LogP contribution >= 0.6 is 0 Å². The van der Waals surface area contributed by atoms with Crippen molar-refractivity contribution < 1.29 is 9.47 Å². The molecule has 2 heterocycles. The van der Waals surface area contributed by atoms with Gasteiger partial charge in [-0.2, -0.15) is 5.26 Å². The molecule has 6 nitrogen and oxygen atoms in total. The molecule has 0 bridgehead atoms. The maximum Gasteiger partial charge on any atom is 0.231 e. The molecule has 0 spiro atoms. The van der Waals surface area contributed by atoms with Crippen LogP contribution in [-0.2, 0) is 0 Å². The van der Waals surface area contributed by atoms with E-state index in [2.05, 4.69) is 15.5 Å². The van der Waals surface area contributed by atoms with E-state index in [1.165, 1.54) is 0 Å². The fraction of sp³-hybridized carbons (Fsp3) is 0.154. The highest BCUT2D eigenvalue weighted by Crippen LogP contribution is 2.35. The van der Waals surface area contributed by atoms with E-state index in [9.17, 15) is 0 Å². The standard InChI is InChI=1S/C13H10N4O2/c14-5-6-15-13-4-2-10(16-17-13)9-1-3-11-12(7-9)19-8-18-11/h1-4,7H,6,8H2,(H,15,17). The van der Waals surface area contributed by atoms with E-state index in [1.807, 2.05) is 30.3 Å². The minimum Gasteiger partial charge on any atom is -0.454 e. The predicted octanol–water partition coefficient (Wildman–Crippen LogP) is 1.81. The van der Waals surface area contributed by atoms with Gasteiger partial charge in [0.05, 0.1) is 11.8 Å². The lowest BCUT2D eigenvalue weighted by Gasteiger charge is -2.03. The third-order valence-electron chi connectivity index (χ3n) is 2.68. The summed E-state index contributed by atoms with van der Waals surface area (Å²) in [4.78, 5) is 0. The summed E-state index contributed by atoms with van der Waals surface area (Å²) in [6, 6.07) is 11.2. The minimum atomic E-state index is 0.206. The Kier molecular flexibility index (Phi) is 2.86. The highest BCUT2D eigenvalue weighted by Gasteiger charge is 2.14. The fourth-order valence-electron chi connectivity index (χ4n) is 1.77. The van der Waals surface area contributed by atoms with Crippen molar-refractivity contribution in [2.24, 2.45) is 0 Å². The van der Waals surface area contributed by atoms with E-state index in [1.54, 1.807) is 6.07 Å². The average molecular weight is 254 g/mol. The molecule has 0 fully saturated rings. The van der Waals surface area contributed by atoms with Crippen LogP contribution in [-0.4, -0.2) is 23.5 Å². The molecule has 2 aromatic rings. The summed E-state index contributed by atoms with van der Waals surface area (Å²) in [7, 11) is 0. The van der Waals surface area contributed by atoms with E-state index in [4.69, 9.17) is 14.7 Å². The molecule has 0 unspecified atom stereocenters. The average Bonchev–Trinajstić information content (AvgIpc) is 2.93. The second-order valence-corrected chi connectivity index (χ2v) is 3.88. The van der Waals surface area contributed by atoms with Crippen molar-refractivity contribution in [2.75, 3.05) is 18.7 Å². The number of nitriles is 1. The van der Waals surface area contributed by atoms with E-state index in [0.29, 0.717) is 11.6 Å². The normalized spacial score (nSPS) is 11.9. The van der Waals surface area contributed by atoms with Crippen LogP contribution in [0.25, 0.3) is 11.3 Å². The second-order valence-electron chi connectivity index (χ2n) is 3.88. The van der Waals surface area contributed by atoms with Gasteiger partial charge in [0.25, 0.3) is 0 Å². The van der Waals surface area contributed by atoms with Crippen LogP contribution in [0.4, 0.5) is 5.82 Å². The molecule has 6 heteroatoms.